The molecule has 1 aliphatic heterocycles. The van der Waals surface area contributed by atoms with Gasteiger partial charge in [0, 0.05) is 38.0 Å². The Morgan fingerprint density at radius 2 is 1.78 bits per heavy atom. The molecule has 2 rings (SSSR count). The van der Waals surface area contributed by atoms with Gasteiger partial charge in [0.1, 0.15) is 0 Å². The van der Waals surface area contributed by atoms with Crippen LogP contribution in [0, 0.1) is 5.92 Å². The molecule has 6 nitrogen and oxygen atoms in total. The summed E-state index contributed by atoms with van der Waals surface area (Å²) in [6, 6.07) is -0.0387. The lowest BCUT2D eigenvalue weighted by molar-refractivity contribution is 0.171. The lowest BCUT2D eigenvalue weighted by Crippen LogP contribution is -2.49. The molecular weight excluding hydrogens is 314 g/mol. The number of nitrogens with zero attached hydrogens (tertiary/aromatic N) is 1. The molecule has 1 saturated heterocycles. The highest BCUT2D eigenvalue weighted by Gasteiger charge is 2.24. The average Bonchev–Trinajstić information content (AvgIpc) is 3.02. The summed E-state index contributed by atoms with van der Waals surface area (Å²) in [5, 5.41) is 5.61. The van der Waals surface area contributed by atoms with Crippen molar-refractivity contribution in [2.75, 3.05) is 37.7 Å². The second kappa shape index (κ2) is 8.87. The first kappa shape index (κ1) is 18.5. The molecule has 1 aliphatic carbocycles. The van der Waals surface area contributed by atoms with Gasteiger partial charge in [0.2, 0.25) is 0 Å². The minimum absolute atomic E-state index is 0.0107. The maximum absolute atomic E-state index is 11.8. The third-order valence-electron chi connectivity index (χ3n) is 5.05. The number of urea groups is 1. The summed E-state index contributed by atoms with van der Waals surface area (Å²) < 4.78 is 22.7. The van der Waals surface area contributed by atoms with Gasteiger partial charge in [-0.2, -0.15) is 0 Å². The highest BCUT2D eigenvalue weighted by molar-refractivity contribution is 7.91. The molecule has 2 amide bonds. The fourth-order valence-electron chi connectivity index (χ4n) is 3.52. The van der Waals surface area contributed by atoms with Crippen LogP contribution < -0.4 is 10.6 Å². The van der Waals surface area contributed by atoms with Crippen molar-refractivity contribution in [2.24, 2.45) is 5.92 Å². The SMILES string of the molecule is CCS(=O)(=O)CCNC(=O)NC1CCN(CC2CCCC2)CC1. The molecule has 134 valence electrons. The summed E-state index contributed by atoms with van der Waals surface area (Å²) in [7, 11) is -3.02. The van der Waals surface area contributed by atoms with Crippen LogP contribution in [-0.2, 0) is 9.84 Å². The van der Waals surface area contributed by atoms with E-state index in [1.807, 2.05) is 0 Å². The number of carbonyl (C=O) groups excluding carboxylic acids is 1. The summed E-state index contributed by atoms with van der Waals surface area (Å²) in [5.41, 5.74) is 0. The van der Waals surface area contributed by atoms with Crippen LogP contribution in [0.1, 0.15) is 45.4 Å². The fraction of sp³-hybridized carbons (Fsp3) is 0.938. The monoisotopic (exact) mass is 345 g/mol. The zero-order chi connectivity index (χ0) is 16.7. The summed E-state index contributed by atoms with van der Waals surface area (Å²) in [6.07, 6.45) is 7.48. The van der Waals surface area contributed by atoms with Crippen LogP contribution in [0.5, 0.6) is 0 Å². The first-order chi connectivity index (χ1) is 11.0. The van der Waals surface area contributed by atoms with E-state index < -0.39 is 9.84 Å². The molecule has 0 aromatic carbocycles. The van der Waals surface area contributed by atoms with Crippen LogP contribution in [0.25, 0.3) is 0 Å². The zero-order valence-corrected chi connectivity index (χ0v) is 15.0. The molecule has 1 saturated carbocycles. The van der Waals surface area contributed by atoms with Crippen molar-refractivity contribution in [3.8, 4) is 0 Å². The van der Waals surface area contributed by atoms with E-state index >= 15 is 0 Å². The van der Waals surface area contributed by atoms with Gasteiger partial charge in [0.25, 0.3) is 0 Å². The van der Waals surface area contributed by atoms with E-state index in [1.54, 1.807) is 6.92 Å². The molecule has 0 radical (unpaired) electrons. The van der Waals surface area contributed by atoms with Crippen LogP contribution in [0.2, 0.25) is 0 Å². The largest absolute Gasteiger partial charge is 0.337 e. The highest BCUT2D eigenvalue weighted by Crippen LogP contribution is 2.26. The number of hydrogen-bond acceptors (Lipinski definition) is 4. The molecule has 0 bridgehead atoms. The van der Waals surface area contributed by atoms with Crippen molar-refractivity contribution in [3.63, 3.8) is 0 Å². The Morgan fingerprint density at radius 1 is 1.13 bits per heavy atom. The third kappa shape index (κ3) is 6.67. The van der Waals surface area contributed by atoms with Crippen LogP contribution in [-0.4, -0.2) is 63.1 Å². The number of hydrogen-bond donors (Lipinski definition) is 2. The second-order valence-electron chi connectivity index (χ2n) is 6.86. The van der Waals surface area contributed by atoms with Crippen molar-refractivity contribution >= 4 is 15.9 Å². The molecule has 0 atom stereocenters. The predicted molar refractivity (Wildman–Crippen MR) is 92.3 cm³/mol. The number of nitrogens with one attached hydrogen (secondary N) is 2. The maximum atomic E-state index is 11.8. The van der Waals surface area contributed by atoms with Crippen LogP contribution in [0.3, 0.4) is 0 Å². The molecular formula is C16H31N3O3S. The van der Waals surface area contributed by atoms with Gasteiger partial charge in [0.15, 0.2) is 9.84 Å². The van der Waals surface area contributed by atoms with Gasteiger partial charge in [0.05, 0.1) is 5.75 Å². The van der Waals surface area contributed by atoms with E-state index in [-0.39, 0.29) is 30.1 Å². The minimum atomic E-state index is -3.02. The van der Waals surface area contributed by atoms with Crippen molar-refractivity contribution in [1.82, 2.24) is 15.5 Å². The summed E-state index contributed by atoms with van der Waals surface area (Å²) in [5.74, 6) is 1.01. The van der Waals surface area contributed by atoms with Crippen LogP contribution in [0.4, 0.5) is 4.79 Å². The van der Waals surface area contributed by atoms with E-state index in [2.05, 4.69) is 15.5 Å². The smallest absolute Gasteiger partial charge is 0.315 e. The lowest BCUT2D eigenvalue weighted by Gasteiger charge is -2.33. The van der Waals surface area contributed by atoms with Gasteiger partial charge >= 0.3 is 6.03 Å². The Hall–Kier alpha value is -0.820. The molecule has 0 unspecified atom stereocenters. The summed E-state index contributed by atoms with van der Waals surface area (Å²) in [6.45, 7) is 5.11. The summed E-state index contributed by atoms with van der Waals surface area (Å²) in [4.78, 5) is 14.3. The number of rotatable bonds is 7. The Kier molecular flexibility index (Phi) is 7.14. The molecule has 2 aliphatic rings. The van der Waals surface area contributed by atoms with Crippen molar-refractivity contribution < 1.29 is 13.2 Å². The molecule has 23 heavy (non-hydrogen) atoms. The molecule has 0 aromatic rings. The molecule has 2 fully saturated rings. The number of piperidine rings is 1. The Labute approximate surface area is 140 Å². The Morgan fingerprint density at radius 3 is 2.39 bits per heavy atom. The average molecular weight is 346 g/mol. The molecule has 0 spiro atoms. The van der Waals surface area contributed by atoms with Crippen molar-refractivity contribution in [3.05, 3.63) is 0 Å². The lowest BCUT2D eigenvalue weighted by atomic mass is 10.0. The Balaban J connectivity index is 1.59. The number of amides is 2. The van der Waals surface area contributed by atoms with Crippen LogP contribution in [0.15, 0.2) is 0 Å². The fourth-order valence-corrected chi connectivity index (χ4v) is 4.22. The predicted octanol–water partition coefficient (Wildman–Crippen LogP) is 1.37. The highest BCUT2D eigenvalue weighted by atomic mass is 32.2. The number of carbonyl (C=O) groups is 1. The van der Waals surface area contributed by atoms with Gasteiger partial charge in [-0.3, -0.25) is 0 Å². The molecule has 0 aromatic heterocycles. The van der Waals surface area contributed by atoms with Crippen LogP contribution >= 0.6 is 0 Å². The second-order valence-corrected chi connectivity index (χ2v) is 9.33. The molecule has 1 heterocycles. The van der Waals surface area contributed by atoms with E-state index in [4.69, 9.17) is 0 Å². The van der Waals surface area contributed by atoms with E-state index in [1.165, 1.54) is 32.2 Å². The Bertz CT molecular complexity index is 467. The first-order valence-electron chi connectivity index (χ1n) is 8.95. The van der Waals surface area contributed by atoms with E-state index in [0.29, 0.717) is 0 Å². The summed E-state index contributed by atoms with van der Waals surface area (Å²) >= 11 is 0. The standard InChI is InChI=1S/C16H31N3O3S/c1-2-23(21,22)12-9-17-16(20)18-15-7-10-19(11-8-15)13-14-5-3-4-6-14/h14-15H,2-13H2,1H3,(H2,17,18,20). The quantitative estimate of drug-likeness (QED) is 0.730. The van der Waals surface area contributed by atoms with Gasteiger partial charge in [-0.05, 0) is 31.6 Å². The minimum Gasteiger partial charge on any atom is -0.337 e. The van der Waals surface area contributed by atoms with E-state index in [0.717, 1.165) is 31.8 Å². The van der Waals surface area contributed by atoms with Gasteiger partial charge in [-0.15, -0.1) is 0 Å². The molecule has 7 heteroatoms. The normalized spacial score (nSPS) is 21.4. The topological polar surface area (TPSA) is 78.5 Å². The van der Waals surface area contributed by atoms with Crippen molar-refractivity contribution in [2.45, 2.75) is 51.5 Å². The number of sulfone groups is 1. The third-order valence-corrected chi connectivity index (χ3v) is 6.76. The maximum Gasteiger partial charge on any atom is 0.315 e. The molecule has 2 N–H and O–H groups in total. The van der Waals surface area contributed by atoms with Gasteiger partial charge in [-0.1, -0.05) is 19.8 Å². The zero-order valence-electron chi connectivity index (χ0n) is 14.2. The first-order valence-corrected chi connectivity index (χ1v) is 10.8. The van der Waals surface area contributed by atoms with Crippen molar-refractivity contribution in [1.29, 1.82) is 0 Å². The van der Waals surface area contributed by atoms with E-state index in [9.17, 15) is 13.2 Å². The van der Waals surface area contributed by atoms with Gasteiger partial charge < -0.3 is 15.5 Å². The van der Waals surface area contributed by atoms with Gasteiger partial charge in [-0.25, -0.2) is 13.2 Å². The number of likely N-dealkylation sites (tertiary alicyclic amines) is 1.